The quantitative estimate of drug-likeness (QED) is 0.471. The Balaban J connectivity index is 1.42. The van der Waals surface area contributed by atoms with Gasteiger partial charge in [-0.3, -0.25) is 4.79 Å². The predicted molar refractivity (Wildman–Crippen MR) is 131 cm³/mol. The average molecular weight is 504 g/mol. The second-order valence-electron chi connectivity index (χ2n) is 8.84. The maximum Gasteiger partial charge on any atom is 0.277 e. The third-order valence-corrected chi connectivity index (χ3v) is 7.35. The lowest BCUT2D eigenvalue weighted by Gasteiger charge is -2.25. The summed E-state index contributed by atoms with van der Waals surface area (Å²) in [5, 5.41) is 7.48. The molecule has 5 rings (SSSR count). The van der Waals surface area contributed by atoms with Gasteiger partial charge in [0.15, 0.2) is 11.5 Å². The topological polar surface area (TPSA) is 124 Å². The number of methoxy groups -OCH3 is 1. The molecule has 2 aromatic heterocycles. The number of carbonyl (C=O) groups excluding carboxylic acids is 1. The molecule has 3 heterocycles. The molecule has 2 aliphatic rings. The van der Waals surface area contributed by atoms with E-state index in [0.717, 1.165) is 55.0 Å². The molecule has 0 bridgehead atoms. The molecule has 2 fully saturated rings. The van der Waals surface area contributed by atoms with Gasteiger partial charge >= 0.3 is 0 Å². The maximum absolute atomic E-state index is 14.2. The predicted octanol–water partition coefficient (Wildman–Crippen LogP) is 3.40. The number of nitrogens with two attached hydrogens (primary N) is 2. The fourth-order valence-corrected chi connectivity index (χ4v) is 5.31. The number of halogens is 2. The first kappa shape index (κ1) is 23.6. The van der Waals surface area contributed by atoms with Gasteiger partial charge in [0, 0.05) is 26.2 Å². The number of benzene rings is 1. The summed E-state index contributed by atoms with van der Waals surface area (Å²) in [6.07, 6.45) is 5.10. The second-order valence-corrected chi connectivity index (χ2v) is 9.87. The summed E-state index contributed by atoms with van der Waals surface area (Å²) in [6, 6.07) is 3.74. The summed E-state index contributed by atoms with van der Waals surface area (Å²) >= 11 is 0.860. The highest BCUT2D eigenvalue weighted by molar-refractivity contribution is 7.19. The van der Waals surface area contributed by atoms with Crippen LogP contribution < -0.4 is 21.7 Å². The number of hydrogen-bond donors (Lipinski definition) is 3. The molecule has 35 heavy (non-hydrogen) atoms. The first-order valence-corrected chi connectivity index (χ1v) is 12.3. The summed E-state index contributed by atoms with van der Waals surface area (Å²) in [5.74, 6) is -1.31. The Morgan fingerprint density at radius 3 is 2.60 bits per heavy atom. The van der Waals surface area contributed by atoms with Gasteiger partial charge in [-0.1, -0.05) is 17.4 Å². The SMILES string of the molecule is COC1CCN(c2c(NC(=O)c3nc(-c4c(F)cccc4F)sc3N)cnn2C2CC2)CCC1N. The van der Waals surface area contributed by atoms with Gasteiger partial charge in [-0.15, -0.1) is 0 Å². The number of aromatic nitrogens is 3. The van der Waals surface area contributed by atoms with Gasteiger partial charge in [0.1, 0.15) is 27.3 Å². The van der Waals surface area contributed by atoms with Crippen LogP contribution in [0.1, 0.15) is 42.2 Å². The van der Waals surface area contributed by atoms with Crippen LogP contribution in [0.2, 0.25) is 0 Å². The molecule has 0 spiro atoms. The fourth-order valence-electron chi connectivity index (χ4n) is 4.43. The first-order chi connectivity index (χ1) is 16.9. The fraction of sp³-hybridized carbons (Fsp3) is 0.435. The monoisotopic (exact) mass is 503 g/mol. The minimum atomic E-state index is -0.771. The van der Waals surface area contributed by atoms with Crippen LogP contribution in [0.4, 0.5) is 25.3 Å². The second kappa shape index (κ2) is 9.51. The maximum atomic E-state index is 14.2. The van der Waals surface area contributed by atoms with Crippen LogP contribution in [-0.2, 0) is 4.74 Å². The minimum Gasteiger partial charge on any atom is -0.389 e. The summed E-state index contributed by atoms with van der Waals surface area (Å²) in [4.78, 5) is 19.5. The third kappa shape index (κ3) is 4.60. The highest BCUT2D eigenvalue weighted by Gasteiger charge is 2.33. The Labute approximate surface area is 205 Å². The van der Waals surface area contributed by atoms with Crippen molar-refractivity contribution in [3.05, 3.63) is 41.7 Å². The molecule has 0 radical (unpaired) electrons. The van der Waals surface area contributed by atoms with Crippen molar-refractivity contribution in [2.45, 2.75) is 43.9 Å². The largest absolute Gasteiger partial charge is 0.389 e. The van der Waals surface area contributed by atoms with Crippen LogP contribution in [-0.4, -0.2) is 53.0 Å². The van der Waals surface area contributed by atoms with Crippen LogP contribution in [0, 0.1) is 11.6 Å². The molecule has 9 nitrogen and oxygen atoms in total. The van der Waals surface area contributed by atoms with E-state index in [0.29, 0.717) is 18.8 Å². The van der Waals surface area contributed by atoms with Crippen LogP contribution in [0.25, 0.3) is 10.6 Å². The molecule has 1 amide bonds. The van der Waals surface area contributed by atoms with Crippen molar-refractivity contribution in [3.8, 4) is 10.6 Å². The molecule has 2 unspecified atom stereocenters. The number of ether oxygens (including phenoxy) is 1. The minimum absolute atomic E-state index is 0.00395. The van der Waals surface area contributed by atoms with Gasteiger partial charge in [0.2, 0.25) is 0 Å². The summed E-state index contributed by atoms with van der Waals surface area (Å²) in [5.41, 5.74) is 12.4. The van der Waals surface area contributed by atoms with E-state index in [1.165, 1.54) is 6.07 Å². The molecule has 186 valence electrons. The number of rotatable bonds is 6. The zero-order chi connectivity index (χ0) is 24.7. The number of nitrogens with zero attached hydrogens (tertiary/aromatic N) is 4. The lowest BCUT2D eigenvalue weighted by atomic mass is 10.1. The standard InChI is InChI=1S/C23H27F2N7O2S/c1-34-17-8-10-31(9-7-15(17)26)23-16(11-28-32(23)12-5-6-12)29-21(33)19-20(27)35-22(30-19)18-13(24)3-2-4-14(18)25/h2-4,11-12,15,17H,5-10,26-27H2,1H3,(H,29,33). The molecule has 1 aliphatic heterocycles. The number of amides is 1. The van der Waals surface area contributed by atoms with E-state index >= 15 is 0 Å². The van der Waals surface area contributed by atoms with E-state index < -0.39 is 17.5 Å². The van der Waals surface area contributed by atoms with Crippen molar-refractivity contribution >= 4 is 33.8 Å². The Kier molecular flexibility index (Phi) is 6.43. The Bertz CT molecular complexity index is 1220. The summed E-state index contributed by atoms with van der Waals surface area (Å²) in [6.45, 7) is 1.39. The molecule has 5 N–H and O–H groups in total. The van der Waals surface area contributed by atoms with Crippen LogP contribution in [0.15, 0.2) is 24.4 Å². The molecule has 1 saturated heterocycles. The number of thiazole rings is 1. The molecular formula is C23H27F2N7O2S. The molecule has 2 atom stereocenters. The smallest absolute Gasteiger partial charge is 0.277 e. The van der Waals surface area contributed by atoms with Crippen molar-refractivity contribution in [2.24, 2.45) is 5.73 Å². The Morgan fingerprint density at radius 2 is 1.91 bits per heavy atom. The van der Waals surface area contributed by atoms with E-state index in [4.69, 9.17) is 16.2 Å². The highest BCUT2D eigenvalue weighted by Crippen LogP contribution is 2.41. The van der Waals surface area contributed by atoms with Crippen LogP contribution >= 0.6 is 11.3 Å². The molecule has 1 aromatic carbocycles. The number of anilines is 3. The van der Waals surface area contributed by atoms with Crippen molar-refractivity contribution in [1.82, 2.24) is 14.8 Å². The van der Waals surface area contributed by atoms with E-state index in [1.807, 2.05) is 4.68 Å². The Hall–Kier alpha value is -3.09. The van der Waals surface area contributed by atoms with Gasteiger partial charge in [-0.25, -0.2) is 18.4 Å². The number of nitrogens with one attached hydrogen (secondary N) is 1. The molecule has 1 aliphatic carbocycles. The van der Waals surface area contributed by atoms with E-state index in [1.54, 1.807) is 13.3 Å². The van der Waals surface area contributed by atoms with Gasteiger partial charge in [0.05, 0.1) is 23.9 Å². The summed E-state index contributed by atoms with van der Waals surface area (Å²) < 4.78 is 36.0. The molecule has 3 aromatic rings. The Morgan fingerprint density at radius 1 is 1.20 bits per heavy atom. The number of carbonyl (C=O) groups is 1. The van der Waals surface area contributed by atoms with Crippen molar-refractivity contribution in [1.29, 1.82) is 0 Å². The van der Waals surface area contributed by atoms with E-state index in [9.17, 15) is 13.6 Å². The molecule has 12 heteroatoms. The van der Waals surface area contributed by atoms with Gasteiger partial charge in [0.25, 0.3) is 5.91 Å². The van der Waals surface area contributed by atoms with Crippen molar-refractivity contribution in [2.75, 3.05) is 36.1 Å². The normalized spacial score (nSPS) is 20.6. The van der Waals surface area contributed by atoms with Gasteiger partial charge in [-0.05, 0) is 37.8 Å². The molecular weight excluding hydrogens is 476 g/mol. The zero-order valence-electron chi connectivity index (χ0n) is 19.2. The average Bonchev–Trinajstić information content (AvgIpc) is 3.52. The van der Waals surface area contributed by atoms with Crippen LogP contribution in [0.3, 0.4) is 0 Å². The lowest BCUT2D eigenvalue weighted by molar-refractivity contribution is 0.0781. The van der Waals surface area contributed by atoms with Crippen molar-refractivity contribution < 1.29 is 18.3 Å². The zero-order valence-corrected chi connectivity index (χ0v) is 20.0. The highest BCUT2D eigenvalue weighted by atomic mass is 32.1. The molecule has 1 saturated carbocycles. The van der Waals surface area contributed by atoms with Gasteiger partial charge in [-0.2, -0.15) is 5.10 Å². The number of hydrogen-bond acceptors (Lipinski definition) is 8. The van der Waals surface area contributed by atoms with Crippen LogP contribution in [0.5, 0.6) is 0 Å². The van der Waals surface area contributed by atoms with E-state index in [2.05, 4.69) is 20.3 Å². The summed E-state index contributed by atoms with van der Waals surface area (Å²) in [7, 11) is 1.67. The first-order valence-electron chi connectivity index (χ1n) is 11.5. The lowest BCUT2D eigenvalue weighted by Crippen LogP contribution is -2.35. The third-order valence-electron chi connectivity index (χ3n) is 6.45. The van der Waals surface area contributed by atoms with Crippen molar-refractivity contribution in [3.63, 3.8) is 0 Å². The van der Waals surface area contributed by atoms with E-state index in [-0.39, 0.29) is 39.5 Å². The number of nitrogen functional groups attached to an aromatic ring is 1. The van der Waals surface area contributed by atoms with Gasteiger partial charge < -0.3 is 26.4 Å².